The smallest absolute Gasteiger partial charge is 0.410 e. The summed E-state index contributed by atoms with van der Waals surface area (Å²) in [5, 5.41) is 5.92. The van der Waals surface area contributed by atoms with Crippen molar-refractivity contribution in [1.82, 2.24) is 5.32 Å². The maximum atomic E-state index is 13.6. The van der Waals surface area contributed by atoms with Crippen LogP contribution in [0.1, 0.15) is 54.1 Å². The SMILES string of the molecule is NC1CCCCC1NC(=O)c1ccc2c(c1)NC(=O)CC(c1ccccc1)N2C(=O)Oc1ccccc1. The number of rotatable bonds is 4. The molecule has 4 N–H and O–H groups in total. The zero-order valence-electron chi connectivity index (χ0n) is 20.4. The molecule has 0 saturated heterocycles. The monoisotopic (exact) mass is 498 g/mol. The summed E-state index contributed by atoms with van der Waals surface area (Å²) in [6.45, 7) is 0. The number of fused-ring (bicyclic) bond motifs is 1. The van der Waals surface area contributed by atoms with Crippen LogP contribution in [0.3, 0.4) is 0 Å². The third kappa shape index (κ3) is 5.49. The third-order valence-electron chi connectivity index (χ3n) is 6.95. The van der Waals surface area contributed by atoms with Crippen molar-refractivity contribution in [1.29, 1.82) is 0 Å². The molecule has 8 heteroatoms. The lowest BCUT2D eigenvalue weighted by Gasteiger charge is -2.30. The molecule has 3 atom stereocenters. The highest BCUT2D eigenvalue weighted by molar-refractivity contribution is 6.05. The van der Waals surface area contributed by atoms with Gasteiger partial charge in [0.05, 0.1) is 23.8 Å². The van der Waals surface area contributed by atoms with Gasteiger partial charge < -0.3 is 21.1 Å². The molecule has 3 aromatic carbocycles. The van der Waals surface area contributed by atoms with E-state index in [9.17, 15) is 14.4 Å². The minimum Gasteiger partial charge on any atom is -0.410 e. The van der Waals surface area contributed by atoms with E-state index < -0.39 is 12.1 Å². The van der Waals surface area contributed by atoms with E-state index in [1.165, 1.54) is 4.90 Å². The highest BCUT2D eigenvalue weighted by Crippen LogP contribution is 2.39. The first-order chi connectivity index (χ1) is 18.0. The van der Waals surface area contributed by atoms with Crippen LogP contribution in [-0.2, 0) is 4.79 Å². The molecule has 1 saturated carbocycles. The molecular weight excluding hydrogens is 468 g/mol. The summed E-state index contributed by atoms with van der Waals surface area (Å²) >= 11 is 0. The number of benzene rings is 3. The molecule has 1 aliphatic carbocycles. The molecule has 3 aromatic rings. The van der Waals surface area contributed by atoms with Crippen LogP contribution in [0.25, 0.3) is 0 Å². The van der Waals surface area contributed by atoms with Crippen molar-refractivity contribution in [3.8, 4) is 5.75 Å². The lowest BCUT2D eigenvalue weighted by molar-refractivity contribution is -0.116. The Kier molecular flexibility index (Phi) is 7.18. The number of nitrogens with one attached hydrogen (secondary N) is 2. The molecule has 3 unspecified atom stereocenters. The summed E-state index contributed by atoms with van der Waals surface area (Å²) in [6.07, 6.45) is 3.22. The van der Waals surface area contributed by atoms with E-state index >= 15 is 0 Å². The topological polar surface area (TPSA) is 114 Å². The van der Waals surface area contributed by atoms with Crippen LogP contribution in [0.2, 0.25) is 0 Å². The predicted molar refractivity (Wildman–Crippen MR) is 142 cm³/mol. The number of nitrogens with zero attached hydrogens (tertiary/aromatic N) is 1. The number of amides is 3. The van der Waals surface area contributed by atoms with Gasteiger partial charge in [-0.1, -0.05) is 61.4 Å². The van der Waals surface area contributed by atoms with E-state index in [4.69, 9.17) is 10.5 Å². The van der Waals surface area contributed by atoms with Gasteiger partial charge in [-0.3, -0.25) is 14.5 Å². The lowest BCUT2D eigenvalue weighted by Crippen LogP contribution is -2.49. The molecule has 3 amide bonds. The van der Waals surface area contributed by atoms with Crippen molar-refractivity contribution < 1.29 is 19.1 Å². The zero-order valence-corrected chi connectivity index (χ0v) is 20.4. The molecule has 1 aliphatic heterocycles. The Balaban J connectivity index is 1.50. The standard InChI is InChI=1S/C29H30N4O4/c30-22-13-7-8-14-23(22)32-28(35)20-15-16-25-24(17-20)31-27(34)18-26(19-9-3-1-4-10-19)33(25)29(36)37-21-11-5-2-6-12-21/h1-6,9-12,15-17,22-23,26H,7-8,13-14,18,30H2,(H,31,34)(H,32,35). The van der Waals surface area contributed by atoms with Crippen LogP contribution in [0.15, 0.2) is 78.9 Å². The van der Waals surface area contributed by atoms with Crippen molar-refractivity contribution in [2.45, 2.75) is 50.2 Å². The first-order valence-corrected chi connectivity index (χ1v) is 12.6. The van der Waals surface area contributed by atoms with Gasteiger partial charge >= 0.3 is 6.09 Å². The summed E-state index contributed by atoms with van der Waals surface area (Å²) in [5.41, 5.74) is 8.21. The van der Waals surface area contributed by atoms with E-state index in [1.54, 1.807) is 42.5 Å². The number of hydrogen-bond acceptors (Lipinski definition) is 5. The highest BCUT2D eigenvalue weighted by Gasteiger charge is 2.35. The number of ether oxygens (including phenoxy) is 1. The number of nitrogens with two attached hydrogens (primary N) is 1. The molecule has 0 radical (unpaired) electrons. The van der Waals surface area contributed by atoms with E-state index in [2.05, 4.69) is 10.6 Å². The highest BCUT2D eigenvalue weighted by atomic mass is 16.6. The molecule has 5 rings (SSSR count). The molecule has 37 heavy (non-hydrogen) atoms. The second kappa shape index (κ2) is 10.8. The minimum absolute atomic E-state index is 0.0288. The average Bonchev–Trinajstić information content (AvgIpc) is 3.06. The van der Waals surface area contributed by atoms with Gasteiger partial charge in [-0.15, -0.1) is 0 Å². The largest absolute Gasteiger partial charge is 0.420 e. The fourth-order valence-corrected chi connectivity index (χ4v) is 5.02. The van der Waals surface area contributed by atoms with E-state index in [0.717, 1.165) is 31.2 Å². The van der Waals surface area contributed by atoms with Gasteiger partial charge in [0.15, 0.2) is 0 Å². The van der Waals surface area contributed by atoms with Gasteiger partial charge in [-0.25, -0.2) is 4.79 Å². The molecule has 0 spiro atoms. The Labute approximate surface area is 215 Å². The Morgan fingerprint density at radius 2 is 1.65 bits per heavy atom. The van der Waals surface area contributed by atoms with Gasteiger partial charge in [-0.2, -0.15) is 0 Å². The van der Waals surface area contributed by atoms with Crippen molar-refractivity contribution in [2.75, 3.05) is 10.2 Å². The maximum absolute atomic E-state index is 13.6. The fourth-order valence-electron chi connectivity index (χ4n) is 5.02. The van der Waals surface area contributed by atoms with Crippen molar-refractivity contribution in [3.05, 3.63) is 90.0 Å². The normalized spacial score (nSPS) is 21.3. The number of carbonyl (C=O) groups is 3. The third-order valence-corrected chi connectivity index (χ3v) is 6.95. The molecule has 190 valence electrons. The van der Waals surface area contributed by atoms with Crippen molar-refractivity contribution in [2.24, 2.45) is 5.73 Å². The van der Waals surface area contributed by atoms with E-state index in [0.29, 0.717) is 22.7 Å². The number of carbonyl (C=O) groups excluding carboxylic acids is 3. The zero-order chi connectivity index (χ0) is 25.8. The van der Waals surface area contributed by atoms with E-state index in [1.807, 2.05) is 36.4 Å². The summed E-state index contributed by atoms with van der Waals surface area (Å²) in [4.78, 5) is 41.1. The summed E-state index contributed by atoms with van der Waals surface area (Å²) in [7, 11) is 0. The second-order valence-corrected chi connectivity index (χ2v) is 9.49. The Morgan fingerprint density at radius 3 is 2.38 bits per heavy atom. The minimum atomic E-state index is -0.622. The van der Waals surface area contributed by atoms with Crippen molar-refractivity contribution in [3.63, 3.8) is 0 Å². The number of para-hydroxylation sites is 1. The Hall–Kier alpha value is -4.17. The van der Waals surface area contributed by atoms with Gasteiger partial charge in [0.1, 0.15) is 5.75 Å². The molecule has 1 heterocycles. The van der Waals surface area contributed by atoms with Crippen LogP contribution in [0.5, 0.6) is 5.75 Å². The quantitative estimate of drug-likeness (QED) is 0.479. The van der Waals surface area contributed by atoms with Crippen LogP contribution in [0, 0.1) is 0 Å². The van der Waals surface area contributed by atoms with Crippen LogP contribution >= 0.6 is 0 Å². The summed E-state index contributed by atoms with van der Waals surface area (Å²) in [5.74, 6) is -0.136. The maximum Gasteiger partial charge on any atom is 0.420 e. The fraction of sp³-hybridized carbons (Fsp3) is 0.276. The van der Waals surface area contributed by atoms with Gasteiger partial charge in [0.25, 0.3) is 5.91 Å². The summed E-state index contributed by atoms with van der Waals surface area (Å²) < 4.78 is 5.70. The molecule has 0 aromatic heterocycles. The molecule has 0 bridgehead atoms. The van der Waals surface area contributed by atoms with Gasteiger partial charge in [-0.05, 0) is 48.7 Å². The Morgan fingerprint density at radius 1 is 0.946 bits per heavy atom. The first-order valence-electron chi connectivity index (χ1n) is 12.6. The molecule has 1 fully saturated rings. The molecular formula is C29H30N4O4. The second-order valence-electron chi connectivity index (χ2n) is 9.49. The van der Waals surface area contributed by atoms with Crippen molar-refractivity contribution >= 4 is 29.3 Å². The van der Waals surface area contributed by atoms with Crippen LogP contribution in [0.4, 0.5) is 16.2 Å². The lowest BCUT2D eigenvalue weighted by atomic mass is 9.91. The summed E-state index contributed by atoms with van der Waals surface area (Å²) in [6, 6.07) is 22.3. The number of hydrogen-bond donors (Lipinski definition) is 3. The van der Waals surface area contributed by atoms with Crippen LogP contribution in [-0.4, -0.2) is 30.0 Å². The molecule has 2 aliphatic rings. The van der Waals surface area contributed by atoms with Crippen LogP contribution < -0.4 is 26.0 Å². The van der Waals surface area contributed by atoms with Gasteiger partial charge in [0.2, 0.25) is 5.91 Å². The predicted octanol–water partition coefficient (Wildman–Crippen LogP) is 4.78. The Bertz CT molecular complexity index is 1280. The number of anilines is 2. The first kappa shape index (κ1) is 24.5. The average molecular weight is 499 g/mol. The molecule has 8 nitrogen and oxygen atoms in total. The van der Waals surface area contributed by atoms with Gasteiger partial charge in [0, 0.05) is 17.6 Å². The van der Waals surface area contributed by atoms with E-state index in [-0.39, 0.29) is 30.3 Å².